The van der Waals surface area contributed by atoms with Gasteiger partial charge in [-0.05, 0) is 29.8 Å². The van der Waals surface area contributed by atoms with Crippen LogP contribution in [0, 0.1) is 0 Å². The Kier molecular flexibility index (Phi) is 3.60. The summed E-state index contributed by atoms with van der Waals surface area (Å²) in [7, 11) is 0. The number of hydrogen-bond donors (Lipinski definition) is 2. The van der Waals surface area contributed by atoms with Gasteiger partial charge in [0.05, 0.1) is 23.3 Å². The van der Waals surface area contributed by atoms with E-state index in [0.717, 1.165) is 50.2 Å². The van der Waals surface area contributed by atoms with E-state index < -0.39 is 0 Å². The molecule has 142 valence electrons. The zero-order valence-electron chi connectivity index (χ0n) is 15.6. The molecule has 0 saturated carbocycles. The summed E-state index contributed by atoms with van der Waals surface area (Å²) in [6, 6.07) is 10.1. The molecule has 6 aromatic heterocycles. The van der Waals surface area contributed by atoms with Gasteiger partial charge in [-0.15, -0.1) is 0 Å². The highest BCUT2D eigenvalue weighted by atomic mass is 15.2. The van der Waals surface area contributed by atoms with E-state index in [-0.39, 0.29) is 0 Å². The molecular formula is C22H14N8. The van der Waals surface area contributed by atoms with E-state index in [1.165, 1.54) is 0 Å². The van der Waals surface area contributed by atoms with E-state index in [1.54, 1.807) is 37.2 Å². The number of H-pyrrole nitrogens is 2. The minimum absolute atomic E-state index is 0.636. The van der Waals surface area contributed by atoms with Gasteiger partial charge in [0.2, 0.25) is 0 Å². The van der Waals surface area contributed by atoms with Crippen LogP contribution in [0.1, 0.15) is 0 Å². The van der Waals surface area contributed by atoms with Crippen molar-refractivity contribution >= 4 is 22.1 Å². The van der Waals surface area contributed by atoms with E-state index in [9.17, 15) is 0 Å². The molecule has 8 heteroatoms. The first kappa shape index (κ1) is 16.5. The van der Waals surface area contributed by atoms with E-state index >= 15 is 0 Å². The van der Waals surface area contributed by atoms with Gasteiger partial charge in [-0.25, -0.2) is 9.97 Å². The second kappa shape index (κ2) is 6.56. The number of rotatable bonds is 3. The highest BCUT2D eigenvalue weighted by Crippen LogP contribution is 2.33. The standard InChI is InChI=1S/C22H14N8/c1-2-13(10-23-4-1)15-3-5-26-21-16(15)9-18(28-21)20-17-8-14(11-27-22(17)30-29-20)19-12-24-6-7-25-19/h1-12H,(H,26,28)(H,27,29,30). The van der Waals surface area contributed by atoms with Gasteiger partial charge in [0.15, 0.2) is 5.65 Å². The number of hydrogen-bond acceptors (Lipinski definition) is 6. The maximum Gasteiger partial charge on any atom is 0.181 e. The lowest BCUT2D eigenvalue weighted by atomic mass is 10.1. The van der Waals surface area contributed by atoms with Crippen LogP contribution in [0.3, 0.4) is 0 Å². The number of nitrogens with one attached hydrogen (secondary N) is 2. The van der Waals surface area contributed by atoms with Crippen molar-refractivity contribution in [1.29, 1.82) is 0 Å². The zero-order chi connectivity index (χ0) is 19.9. The molecule has 6 aromatic rings. The SMILES string of the molecule is c1cncc(-c2ccnc3[nH]c(-c4[nH]nc5ncc(-c6cnccn6)cc45)cc23)c1. The number of aromatic nitrogens is 8. The van der Waals surface area contributed by atoms with Crippen molar-refractivity contribution in [1.82, 2.24) is 40.1 Å². The predicted molar refractivity (Wildman–Crippen MR) is 113 cm³/mol. The van der Waals surface area contributed by atoms with Crippen molar-refractivity contribution in [3.05, 3.63) is 73.7 Å². The Balaban J connectivity index is 1.52. The molecule has 6 heterocycles. The molecule has 30 heavy (non-hydrogen) atoms. The van der Waals surface area contributed by atoms with Gasteiger partial charge >= 0.3 is 0 Å². The summed E-state index contributed by atoms with van der Waals surface area (Å²) in [5, 5.41) is 9.38. The van der Waals surface area contributed by atoms with E-state index in [4.69, 9.17) is 0 Å². The molecule has 0 aliphatic rings. The minimum Gasteiger partial charge on any atom is -0.338 e. The van der Waals surface area contributed by atoms with Crippen molar-refractivity contribution in [2.24, 2.45) is 0 Å². The van der Waals surface area contributed by atoms with Gasteiger partial charge in [-0.3, -0.25) is 20.1 Å². The van der Waals surface area contributed by atoms with Crippen LogP contribution in [0.4, 0.5) is 0 Å². The third-order valence-electron chi connectivity index (χ3n) is 5.04. The van der Waals surface area contributed by atoms with Crippen molar-refractivity contribution in [2.45, 2.75) is 0 Å². The number of aromatic amines is 2. The Morgan fingerprint density at radius 1 is 0.733 bits per heavy atom. The number of pyridine rings is 3. The van der Waals surface area contributed by atoms with Crippen LogP contribution in [0.5, 0.6) is 0 Å². The minimum atomic E-state index is 0.636. The highest BCUT2D eigenvalue weighted by Gasteiger charge is 2.15. The molecule has 0 atom stereocenters. The molecule has 0 fully saturated rings. The fraction of sp³-hybridized carbons (Fsp3) is 0. The third-order valence-corrected chi connectivity index (χ3v) is 5.04. The highest BCUT2D eigenvalue weighted by molar-refractivity contribution is 5.99. The molecule has 2 N–H and O–H groups in total. The second-order valence-corrected chi connectivity index (χ2v) is 6.83. The molecule has 0 unspecified atom stereocenters. The molecule has 0 aromatic carbocycles. The number of nitrogens with zero attached hydrogens (tertiary/aromatic N) is 6. The molecule has 0 aliphatic heterocycles. The first-order valence-electron chi connectivity index (χ1n) is 9.36. The van der Waals surface area contributed by atoms with Gasteiger partial charge < -0.3 is 4.98 Å². The van der Waals surface area contributed by atoms with Crippen molar-refractivity contribution in [2.75, 3.05) is 0 Å². The van der Waals surface area contributed by atoms with Gasteiger partial charge in [-0.1, -0.05) is 6.07 Å². The fourth-order valence-electron chi connectivity index (χ4n) is 3.63. The van der Waals surface area contributed by atoms with Crippen molar-refractivity contribution in [3.63, 3.8) is 0 Å². The van der Waals surface area contributed by atoms with Gasteiger partial charge in [0.1, 0.15) is 5.65 Å². The van der Waals surface area contributed by atoms with E-state index in [2.05, 4.69) is 46.2 Å². The van der Waals surface area contributed by atoms with Gasteiger partial charge in [-0.2, -0.15) is 5.10 Å². The summed E-state index contributed by atoms with van der Waals surface area (Å²) in [5.74, 6) is 0. The van der Waals surface area contributed by atoms with E-state index in [1.807, 2.05) is 30.5 Å². The van der Waals surface area contributed by atoms with Gasteiger partial charge in [0, 0.05) is 59.1 Å². The van der Waals surface area contributed by atoms with Gasteiger partial charge in [0.25, 0.3) is 0 Å². The molecular weight excluding hydrogens is 376 g/mol. The first-order chi connectivity index (χ1) is 14.9. The quantitative estimate of drug-likeness (QED) is 0.472. The monoisotopic (exact) mass is 390 g/mol. The molecule has 8 nitrogen and oxygen atoms in total. The Morgan fingerprint density at radius 3 is 2.57 bits per heavy atom. The molecule has 0 radical (unpaired) electrons. The van der Waals surface area contributed by atoms with Crippen LogP contribution in [-0.2, 0) is 0 Å². The molecule has 0 bridgehead atoms. The van der Waals surface area contributed by atoms with Crippen LogP contribution >= 0.6 is 0 Å². The van der Waals surface area contributed by atoms with Crippen molar-refractivity contribution in [3.8, 4) is 33.8 Å². The van der Waals surface area contributed by atoms with Crippen LogP contribution < -0.4 is 0 Å². The lowest BCUT2D eigenvalue weighted by Gasteiger charge is -2.01. The van der Waals surface area contributed by atoms with E-state index in [0.29, 0.717) is 5.65 Å². The molecule has 0 amide bonds. The fourth-order valence-corrected chi connectivity index (χ4v) is 3.63. The Hall–Kier alpha value is -4.46. The summed E-state index contributed by atoms with van der Waals surface area (Å²) in [6.07, 6.45) is 12.2. The lowest BCUT2D eigenvalue weighted by molar-refractivity contribution is 1.10. The van der Waals surface area contributed by atoms with Crippen LogP contribution in [0.15, 0.2) is 73.7 Å². The molecule has 0 spiro atoms. The molecule has 0 saturated heterocycles. The Bertz CT molecular complexity index is 1490. The lowest BCUT2D eigenvalue weighted by Crippen LogP contribution is -1.86. The topological polar surface area (TPSA) is 109 Å². The first-order valence-corrected chi connectivity index (χ1v) is 9.36. The predicted octanol–water partition coefficient (Wildman–Crippen LogP) is 4.02. The normalized spacial score (nSPS) is 11.3. The van der Waals surface area contributed by atoms with Crippen LogP contribution in [-0.4, -0.2) is 40.1 Å². The summed E-state index contributed by atoms with van der Waals surface area (Å²) < 4.78 is 0. The molecule has 0 aliphatic carbocycles. The summed E-state index contributed by atoms with van der Waals surface area (Å²) in [5.41, 5.74) is 6.91. The van der Waals surface area contributed by atoms with Crippen molar-refractivity contribution < 1.29 is 0 Å². The zero-order valence-corrected chi connectivity index (χ0v) is 15.6. The summed E-state index contributed by atoms with van der Waals surface area (Å²) >= 11 is 0. The van der Waals surface area contributed by atoms with Crippen LogP contribution in [0.25, 0.3) is 55.8 Å². The maximum absolute atomic E-state index is 4.50. The maximum atomic E-state index is 4.50. The Labute approximate surface area is 170 Å². The summed E-state index contributed by atoms with van der Waals surface area (Å²) in [6.45, 7) is 0. The largest absolute Gasteiger partial charge is 0.338 e. The smallest absolute Gasteiger partial charge is 0.181 e. The molecule has 6 rings (SSSR count). The summed E-state index contributed by atoms with van der Waals surface area (Å²) in [4.78, 5) is 25.1. The number of fused-ring (bicyclic) bond motifs is 2. The average Bonchev–Trinajstić information content (AvgIpc) is 3.43. The second-order valence-electron chi connectivity index (χ2n) is 6.83. The average molecular weight is 390 g/mol. The van der Waals surface area contributed by atoms with Crippen LogP contribution in [0.2, 0.25) is 0 Å². The third kappa shape index (κ3) is 2.62. The Morgan fingerprint density at radius 2 is 1.70 bits per heavy atom.